The van der Waals surface area contributed by atoms with E-state index in [1.165, 1.54) is 18.2 Å². The minimum Gasteiger partial charge on any atom is -0.338 e. The highest BCUT2D eigenvalue weighted by Crippen LogP contribution is 2.30. The van der Waals surface area contributed by atoms with Crippen LogP contribution in [-0.2, 0) is 9.84 Å². The van der Waals surface area contributed by atoms with Gasteiger partial charge in [-0.2, -0.15) is 5.26 Å². The molecule has 0 radical (unpaired) electrons. The largest absolute Gasteiger partial charge is 0.338 e. The number of benzene rings is 2. The summed E-state index contributed by atoms with van der Waals surface area (Å²) >= 11 is 9.29. The van der Waals surface area contributed by atoms with E-state index < -0.39 is 15.7 Å². The van der Waals surface area contributed by atoms with Gasteiger partial charge >= 0.3 is 0 Å². The Morgan fingerprint density at radius 1 is 1.13 bits per heavy atom. The number of aromatic nitrogens is 2. The van der Waals surface area contributed by atoms with Crippen molar-refractivity contribution in [3.05, 3.63) is 57.9 Å². The average molecular weight is 511 g/mol. The summed E-state index contributed by atoms with van der Waals surface area (Å²) in [6.45, 7) is 0. The van der Waals surface area contributed by atoms with Crippen LogP contribution in [0.2, 0.25) is 5.02 Å². The maximum absolute atomic E-state index is 13.8. The van der Waals surface area contributed by atoms with E-state index in [0.717, 1.165) is 0 Å². The highest BCUT2D eigenvalue weighted by molar-refractivity contribution is 9.10. The summed E-state index contributed by atoms with van der Waals surface area (Å²) < 4.78 is 39.7. The summed E-state index contributed by atoms with van der Waals surface area (Å²) in [6, 6.07) is 11.5. The van der Waals surface area contributed by atoms with E-state index in [-0.39, 0.29) is 15.7 Å². The van der Waals surface area contributed by atoms with Gasteiger partial charge in [0, 0.05) is 17.5 Å². The van der Waals surface area contributed by atoms with Crippen molar-refractivity contribution in [3.63, 3.8) is 0 Å². The van der Waals surface area contributed by atoms with Crippen LogP contribution in [0.5, 0.6) is 0 Å². The zero-order chi connectivity index (χ0) is 21.7. The SMILES string of the molecule is N#CCCCCCS(=O)(=O)c1cc(-c2ncc(-c3ccc(Br)c(F)c3)[nH]2)ccc1Cl. The van der Waals surface area contributed by atoms with Crippen LogP contribution in [0, 0.1) is 17.1 Å². The van der Waals surface area contributed by atoms with Gasteiger partial charge in [0.1, 0.15) is 11.6 Å². The molecule has 5 nitrogen and oxygen atoms in total. The molecule has 2 aromatic carbocycles. The van der Waals surface area contributed by atoms with E-state index in [4.69, 9.17) is 16.9 Å². The van der Waals surface area contributed by atoms with Gasteiger partial charge in [-0.15, -0.1) is 0 Å². The Bertz CT molecular complexity index is 1210. The molecule has 1 heterocycles. The molecular weight excluding hydrogens is 493 g/mol. The number of imidazole rings is 1. The highest BCUT2D eigenvalue weighted by atomic mass is 79.9. The Morgan fingerprint density at radius 3 is 2.63 bits per heavy atom. The normalized spacial score (nSPS) is 11.4. The third-order valence-corrected chi connectivity index (χ3v) is 7.47. The molecule has 9 heteroatoms. The van der Waals surface area contributed by atoms with E-state index in [0.29, 0.717) is 52.8 Å². The highest BCUT2D eigenvalue weighted by Gasteiger charge is 2.19. The lowest BCUT2D eigenvalue weighted by atomic mass is 10.2. The Hall–Kier alpha value is -2.21. The second kappa shape index (κ2) is 9.73. The number of rotatable bonds is 8. The predicted octanol–water partition coefficient (Wildman–Crippen LogP) is 6.16. The standard InChI is InChI=1S/C21H18BrClFN3O2S/c22-16-7-5-14(11-18(16)24)19-13-26-21(27-19)15-6-8-17(23)20(12-15)30(28,29)10-4-2-1-3-9-25/h5-8,11-13H,1-4,10H2,(H,26,27). The fourth-order valence-corrected chi connectivity index (χ4v) is 5.14. The lowest BCUT2D eigenvalue weighted by molar-refractivity contribution is 0.590. The molecule has 1 aromatic heterocycles. The van der Waals surface area contributed by atoms with Gasteiger partial charge in [-0.25, -0.2) is 17.8 Å². The second-order valence-electron chi connectivity index (χ2n) is 6.71. The molecule has 0 unspecified atom stereocenters. The molecule has 156 valence electrons. The molecule has 0 saturated heterocycles. The first-order valence-electron chi connectivity index (χ1n) is 9.22. The third kappa shape index (κ3) is 5.28. The van der Waals surface area contributed by atoms with Gasteiger partial charge in [-0.3, -0.25) is 0 Å². The van der Waals surface area contributed by atoms with Crippen molar-refractivity contribution in [2.75, 3.05) is 5.75 Å². The van der Waals surface area contributed by atoms with Crippen LogP contribution < -0.4 is 0 Å². The number of H-pyrrole nitrogens is 1. The van der Waals surface area contributed by atoms with E-state index in [1.54, 1.807) is 24.4 Å². The van der Waals surface area contributed by atoms with Crippen LogP contribution in [0.4, 0.5) is 4.39 Å². The van der Waals surface area contributed by atoms with Crippen LogP contribution in [0.15, 0.2) is 52.0 Å². The first-order valence-corrected chi connectivity index (χ1v) is 12.0. The van der Waals surface area contributed by atoms with Gasteiger partial charge in [0.15, 0.2) is 9.84 Å². The molecule has 0 aliphatic rings. The van der Waals surface area contributed by atoms with Gasteiger partial charge < -0.3 is 4.98 Å². The molecule has 0 bridgehead atoms. The zero-order valence-corrected chi connectivity index (χ0v) is 19.0. The van der Waals surface area contributed by atoms with Crippen LogP contribution >= 0.6 is 27.5 Å². The lowest BCUT2D eigenvalue weighted by Gasteiger charge is -2.08. The topological polar surface area (TPSA) is 86.6 Å². The van der Waals surface area contributed by atoms with Crippen molar-refractivity contribution in [2.45, 2.75) is 30.6 Å². The number of hydrogen-bond donors (Lipinski definition) is 1. The van der Waals surface area contributed by atoms with Crippen LogP contribution in [0.25, 0.3) is 22.6 Å². The molecule has 0 aliphatic heterocycles. The first kappa shape index (κ1) is 22.5. The van der Waals surface area contributed by atoms with Crippen molar-refractivity contribution < 1.29 is 12.8 Å². The summed E-state index contributed by atoms with van der Waals surface area (Å²) in [7, 11) is -3.58. The average Bonchev–Trinajstić information content (AvgIpc) is 3.20. The fraction of sp³-hybridized carbons (Fsp3) is 0.238. The number of nitriles is 1. The van der Waals surface area contributed by atoms with Crippen LogP contribution in [0.1, 0.15) is 25.7 Å². The molecule has 3 aromatic rings. The van der Waals surface area contributed by atoms with Gasteiger partial charge in [0.25, 0.3) is 0 Å². The molecule has 0 atom stereocenters. The first-order chi connectivity index (χ1) is 14.3. The van der Waals surface area contributed by atoms with E-state index in [2.05, 4.69) is 25.9 Å². The Labute approximate surface area is 188 Å². The summed E-state index contributed by atoms with van der Waals surface area (Å²) in [6.07, 6.45) is 3.78. The molecule has 0 spiro atoms. The van der Waals surface area contributed by atoms with Crippen molar-refractivity contribution in [1.29, 1.82) is 5.26 Å². The van der Waals surface area contributed by atoms with Crippen LogP contribution in [-0.4, -0.2) is 24.1 Å². The molecule has 0 aliphatic carbocycles. The van der Waals surface area contributed by atoms with Crippen molar-refractivity contribution in [2.24, 2.45) is 0 Å². The molecule has 0 fully saturated rings. The maximum atomic E-state index is 13.8. The monoisotopic (exact) mass is 509 g/mol. The number of sulfone groups is 1. The molecule has 1 N–H and O–H groups in total. The summed E-state index contributed by atoms with van der Waals surface area (Å²) in [5.41, 5.74) is 1.79. The molecule has 30 heavy (non-hydrogen) atoms. The zero-order valence-electron chi connectivity index (χ0n) is 15.8. The van der Waals surface area contributed by atoms with Crippen molar-refractivity contribution >= 4 is 37.4 Å². The number of unbranched alkanes of at least 4 members (excludes halogenated alkanes) is 3. The molecular formula is C21H18BrClFN3O2S. The lowest BCUT2D eigenvalue weighted by Crippen LogP contribution is -2.08. The van der Waals surface area contributed by atoms with Crippen molar-refractivity contribution in [1.82, 2.24) is 9.97 Å². The number of halogens is 3. The molecule has 3 rings (SSSR count). The summed E-state index contributed by atoms with van der Waals surface area (Å²) in [5, 5.41) is 8.71. The quantitative estimate of drug-likeness (QED) is 0.368. The Morgan fingerprint density at radius 2 is 1.90 bits per heavy atom. The second-order valence-corrected chi connectivity index (χ2v) is 10.0. The van der Waals surface area contributed by atoms with Crippen LogP contribution in [0.3, 0.4) is 0 Å². The third-order valence-electron chi connectivity index (χ3n) is 4.55. The van der Waals surface area contributed by atoms with Gasteiger partial charge in [0.2, 0.25) is 0 Å². The van der Waals surface area contributed by atoms with Gasteiger partial charge in [-0.05, 0) is 59.1 Å². The summed E-state index contributed by atoms with van der Waals surface area (Å²) in [4.78, 5) is 7.45. The Balaban J connectivity index is 1.84. The van der Waals surface area contributed by atoms with Crippen molar-refractivity contribution in [3.8, 4) is 28.7 Å². The minimum atomic E-state index is -3.58. The minimum absolute atomic E-state index is 0.0385. The number of hydrogen-bond acceptors (Lipinski definition) is 4. The number of aromatic amines is 1. The maximum Gasteiger partial charge on any atom is 0.179 e. The van der Waals surface area contributed by atoms with E-state index in [9.17, 15) is 12.8 Å². The van der Waals surface area contributed by atoms with Gasteiger partial charge in [-0.1, -0.05) is 24.1 Å². The van der Waals surface area contributed by atoms with Gasteiger partial charge in [0.05, 0.1) is 38.1 Å². The van der Waals surface area contributed by atoms with E-state index in [1.807, 2.05) is 6.07 Å². The molecule has 0 saturated carbocycles. The van der Waals surface area contributed by atoms with E-state index >= 15 is 0 Å². The predicted molar refractivity (Wildman–Crippen MR) is 118 cm³/mol. The fourth-order valence-electron chi connectivity index (χ4n) is 2.95. The summed E-state index contributed by atoms with van der Waals surface area (Å²) in [5.74, 6) is 0.0251. The smallest absolute Gasteiger partial charge is 0.179 e. The molecule has 0 amide bonds. The Kier molecular flexibility index (Phi) is 7.29. The number of nitrogens with zero attached hydrogens (tertiary/aromatic N) is 2. The number of nitrogens with one attached hydrogen (secondary N) is 1.